The van der Waals surface area contributed by atoms with Crippen LogP contribution >= 0.6 is 0 Å². The number of aromatic carboxylic acids is 1. The summed E-state index contributed by atoms with van der Waals surface area (Å²) in [4.78, 5) is 17.3. The van der Waals surface area contributed by atoms with Crippen molar-refractivity contribution in [2.45, 2.75) is 6.42 Å². The number of nitrogens with two attached hydrogens (primary N) is 1. The van der Waals surface area contributed by atoms with E-state index < -0.39 is 5.97 Å². The molecule has 0 atom stereocenters. The van der Waals surface area contributed by atoms with E-state index in [1.165, 1.54) is 17.8 Å². The lowest BCUT2D eigenvalue weighted by Gasteiger charge is -2.20. The van der Waals surface area contributed by atoms with Crippen molar-refractivity contribution in [1.82, 2.24) is 4.98 Å². The van der Waals surface area contributed by atoms with Gasteiger partial charge in [-0.3, -0.25) is 0 Å². The predicted molar refractivity (Wildman–Crippen MR) is 72.8 cm³/mol. The van der Waals surface area contributed by atoms with Gasteiger partial charge in [0.1, 0.15) is 0 Å². The van der Waals surface area contributed by atoms with Crippen LogP contribution in [0.5, 0.6) is 0 Å². The van der Waals surface area contributed by atoms with E-state index in [9.17, 15) is 4.79 Å². The van der Waals surface area contributed by atoms with Crippen LogP contribution in [0.3, 0.4) is 0 Å². The summed E-state index contributed by atoms with van der Waals surface area (Å²) in [6.45, 7) is 0.764. The molecule has 1 aliphatic rings. The first-order valence-corrected chi connectivity index (χ1v) is 6.01. The average molecular weight is 255 g/mol. The van der Waals surface area contributed by atoms with Crippen molar-refractivity contribution < 1.29 is 9.90 Å². The number of para-hydroxylation sites is 1. The summed E-state index contributed by atoms with van der Waals surface area (Å²) in [6.07, 6.45) is 2.39. The first-order valence-electron chi connectivity index (χ1n) is 6.01. The highest BCUT2D eigenvalue weighted by Crippen LogP contribution is 2.36. The van der Waals surface area contributed by atoms with Gasteiger partial charge in [0.2, 0.25) is 0 Å². The van der Waals surface area contributed by atoms with Crippen molar-refractivity contribution in [2.24, 2.45) is 0 Å². The Morgan fingerprint density at radius 3 is 2.89 bits per heavy atom. The number of nitrogens with zero attached hydrogens (tertiary/aromatic N) is 2. The molecule has 2 heterocycles. The number of nitrogen functional groups attached to an aromatic ring is 1. The van der Waals surface area contributed by atoms with Gasteiger partial charge in [0.15, 0.2) is 5.82 Å². The number of fused-ring (bicyclic) bond motifs is 1. The number of anilines is 3. The van der Waals surface area contributed by atoms with Gasteiger partial charge in [-0.15, -0.1) is 0 Å². The van der Waals surface area contributed by atoms with Crippen LogP contribution in [-0.2, 0) is 6.42 Å². The Morgan fingerprint density at radius 1 is 1.32 bits per heavy atom. The number of benzene rings is 1. The SMILES string of the molecule is Nc1c(C(=O)O)ccnc1N1CCc2ccccc21. The van der Waals surface area contributed by atoms with Gasteiger partial charge in [0, 0.05) is 18.4 Å². The number of aromatic nitrogens is 1. The number of carboxylic acids is 1. The number of rotatable bonds is 2. The van der Waals surface area contributed by atoms with Crippen LogP contribution in [0.4, 0.5) is 17.2 Å². The highest BCUT2D eigenvalue weighted by molar-refractivity contribution is 5.97. The molecule has 1 aliphatic heterocycles. The molecule has 5 heteroatoms. The van der Waals surface area contributed by atoms with E-state index in [1.54, 1.807) is 0 Å². The Kier molecular flexibility index (Phi) is 2.59. The molecular formula is C14H13N3O2. The number of pyridine rings is 1. The molecule has 0 bridgehead atoms. The van der Waals surface area contributed by atoms with E-state index in [-0.39, 0.29) is 11.3 Å². The standard InChI is InChI=1S/C14H13N3O2/c15-12-10(14(18)19)5-7-16-13(12)17-8-6-9-3-1-2-4-11(9)17/h1-5,7H,6,8,15H2,(H,18,19). The van der Waals surface area contributed by atoms with E-state index in [4.69, 9.17) is 10.8 Å². The zero-order chi connectivity index (χ0) is 13.4. The van der Waals surface area contributed by atoms with E-state index in [2.05, 4.69) is 11.1 Å². The summed E-state index contributed by atoms with van der Waals surface area (Å²) in [6, 6.07) is 9.42. The van der Waals surface area contributed by atoms with Crippen LogP contribution in [0.2, 0.25) is 0 Å². The first kappa shape index (κ1) is 11.5. The molecule has 0 fully saturated rings. The number of hydrogen-bond acceptors (Lipinski definition) is 4. The van der Waals surface area contributed by atoms with Gasteiger partial charge in [-0.2, -0.15) is 0 Å². The first-order chi connectivity index (χ1) is 9.18. The van der Waals surface area contributed by atoms with Gasteiger partial charge in [-0.05, 0) is 24.1 Å². The normalized spacial score (nSPS) is 13.4. The van der Waals surface area contributed by atoms with Gasteiger partial charge in [0.25, 0.3) is 0 Å². The molecule has 0 radical (unpaired) electrons. The third kappa shape index (κ3) is 1.79. The van der Waals surface area contributed by atoms with Crippen LogP contribution in [-0.4, -0.2) is 22.6 Å². The third-order valence-corrected chi connectivity index (χ3v) is 3.34. The second-order valence-corrected chi connectivity index (χ2v) is 4.43. The minimum atomic E-state index is -1.03. The zero-order valence-corrected chi connectivity index (χ0v) is 10.2. The van der Waals surface area contributed by atoms with Crippen molar-refractivity contribution in [3.05, 3.63) is 47.7 Å². The Balaban J connectivity index is 2.10. The molecule has 0 unspecified atom stereocenters. The molecule has 0 spiro atoms. The van der Waals surface area contributed by atoms with E-state index in [0.29, 0.717) is 5.82 Å². The van der Waals surface area contributed by atoms with Gasteiger partial charge in [-0.1, -0.05) is 18.2 Å². The molecule has 3 rings (SSSR count). The molecule has 0 saturated heterocycles. The lowest BCUT2D eigenvalue weighted by Crippen LogP contribution is -2.18. The van der Waals surface area contributed by atoms with Crippen LogP contribution in [0.1, 0.15) is 15.9 Å². The maximum atomic E-state index is 11.1. The molecule has 3 N–H and O–H groups in total. The van der Waals surface area contributed by atoms with Crippen LogP contribution in [0.15, 0.2) is 36.5 Å². The van der Waals surface area contributed by atoms with Crippen LogP contribution in [0, 0.1) is 0 Å². The van der Waals surface area contributed by atoms with E-state index >= 15 is 0 Å². The molecule has 5 nitrogen and oxygen atoms in total. The topological polar surface area (TPSA) is 79.5 Å². The monoisotopic (exact) mass is 255 g/mol. The lowest BCUT2D eigenvalue weighted by atomic mass is 10.2. The van der Waals surface area contributed by atoms with Gasteiger partial charge >= 0.3 is 5.97 Å². The Morgan fingerprint density at radius 2 is 2.11 bits per heavy atom. The summed E-state index contributed by atoms with van der Waals surface area (Å²) < 4.78 is 0. The molecule has 0 aliphatic carbocycles. The fourth-order valence-electron chi connectivity index (χ4n) is 2.42. The second-order valence-electron chi connectivity index (χ2n) is 4.43. The smallest absolute Gasteiger partial charge is 0.337 e. The number of carboxylic acid groups (broad SMARTS) is 1. The molecule has 1 aromatic carbocycles. The van der Waals surface area contributed by atoms with Gasteiger partial charge in [0.05, 0.1) is 11.3 Å². The largest absolute Gasteiger partial charge is 0.478 e. The van der Waals surface area contributed by atoms with Crippen LogP contribution in [0.25, 0.3) is 0 Å². The fourth-order valence-corrected chi connectivity index (χ4v) is 2.42. The summed E-state index contributed by atoms with van der Waals surface area (Å²) in [7, 11) is 0. The van der Waals surface area contributed by atoms with Gasteiger partial charge in [-0.25, -0.2) is 9.78 Å². The third-order valence-electron chi connectivity index (χ3n) is 3.34. The second kappa shape index (κ2) is 4.28. The average Bonchev–Trinajstić information content (AvgIpc) is 2.82. The lowest BCUT2D eigenvalue weighted by molar-refractivity contribution is 0.0698. The number of hydrogen-bond donors (Lipinski definition) is 2. The van der Waals surface area contributed by atoms with Crippen molar-refractivity contribution in [3.63, 3.8) is 0 Å². The van der Waals surface area contributed by atoms with Gasteiger partial charge < -0.3 is 15.7 Å². The Bertz CT molecular complexity index is 655. The predicted octanol–water partition coefficient (Wildman–Crippen LogP) is 2.06. The Hall–Kier alpha value is -2.56. The molecule has 1 aromatic heterocycles. The molecule has 2 aromatic rings. The summed E-state index contributed by atoms with van der Waals surface area (Å²) in [5, 5.41) is 9.10. The van der Waals surface area contributed by atoms with E-state index in [0.717, 1.165) is 18.7 Å². The zero-order valence-electron chi connectivity index (χ0n) is 10.2. The molecule has 0 saturated carbocycles. The highest BCUT2D eigenvalue weighted by atomic mass is 16.4. The quantitative estimate of drug-likeness (QED) is 0.858. The van der Waals surface area contributed by atoms with Crippen molar-refractivity contribution in [2.75, 3.05) is 17.2 Å². The Labute approximate surface area is 110 Å². The van der Waals surface area contributed by atoms with Crippen molar-refractivity contribution in [3.8, 4) is 0 Å². The fraction of sp³-hybridized carbons (Fsp3) is 0.143. The minimum Gasteiger partial charge on any atom is -0.478 e. The van der Waals surface area contributed by atoms with Crippen molar-refractivity contribution >= 4 is 23.2 Å². The maximum Gasteiger partial charge on any atom is 0.337 e. The summed E-state index contributed by atoms with van der Waals surface area (Å²) in [5.41, 5.74) is 8.51. The maximum absolute atomic E-state index is 11.1. The van der Waals surface area contributed by atoms with E-state index in [1.807, 2.05) is 23.1 Å². The molecular weight excluding hydrogens is 242 g/mol. The number of carbonyl (C=O) groups is 1. The highest BCUT2D eigenvalue weighted by Gasteiger charge is 2.24. The van der Waals surface area contributed by atoms with Crippen molar-refractivity contribution in [1.29, 1.82) is 0 Å². The molecule has 96 valence electrons. The van der Waals surface area contributed by atoms with Crippen LogP contribution < -0.4 is 10.6 Å². The summed E-state index contributed by atoms with van der Waals surface area (Å²) >= 11 is 0. The molecule has 19 heavy (non-hydrogen) atoms. The summed E-state index contributed by atoms with van der Waals surface area (Å²) in [5.74, 6) is -0.515. The molecule has 0 amide bonds. The minimum absolute atomic E-state index is 0.0920.